The lowest BCUT2D eigenvalue weighted by molar-refractivity contribution is -0.131. The van der Waals surface area contributed by atoms with Crippen molar-refractivity contribution in [1.29, 1.82) is 0 Å². The van der Waals surface area contributed by atoms with Gasteiger partial charge in [-0.25, -0.2) is 4.79 Å². The molecule has 0 atom stereocenters. The molecule has 128 valence electrons. The van der Waals surface area contributed by atoms with Crippen LogP contribution < -0.4 is 5.32 Å². The minimum absolute atomic E-state index is 0.196. The summed E-state index contributed by atoms with van der Waals surface area (Å²) >= 11 is 1.62. The highest BCUT2D eigenvalue weighted by Crippen LogP contribution is 2.18. The van der Waals surface area contributed by atoms with E-state index < -0.39 is 5.60 Å². The van der Waals surface area contributed by atoms with Crippen LogP contribution in [-0.4, -0.2) is 42.1 Å². The molecule has 6 heteroatoms. The predicted octanol–water partition coefficient (Wildman–Crippen LogP) is 3.05. The number of rotatable bonds is 4. The number of hydrogen-bond acceptors (Lipinski definition) is 4. The summed E-state index contributed by atoms with van der Waals surface area (Å²) in [4.78, 5) is 25.8. The monoisotopic (exact) mass is 338 g/mol. The van der Waals surface area contributed by atoms with Crippen LogP contribution in [0.2, 0.25) is 0 Å². The second-order valence-electron chi connectivity index (χ2n) is 7.02. The number of carbonyl (C=O) groups is 2. The van der Waals surface area contributed by atoms with Crippen LogP contribution in [0.1, 0.15) is 39.2 Å². The molecule has 1 fully saturated rings. The predicted molar refractivity (Wildman–Crippen MR) is 91.6 cm³/mol. The Labute approximate surface area is 142 Å². The number of piperidine rings is 1. The highest BCUT2D eigenvalue weighted by atomic mass is 32.1. The Kier molecular flexibility index (Phi) is 6.04. The molecule has 0 saturated carbocycles. The zero-order valence-electron chi connectivity index (χ0n) is 14.1. The van der Waals surface area contributed by atoms with Crippen LogP contribution in [0.3, 0.4) is 0 Å². The van der Waals surface area contributed by atoms with Crippen molar-refractivity contribution in [3.05, 3.63) is 22.4 Å². The Bertz CT molecular complexity index is 514. The number of nitrogens with one attached hydrogen (secondary N) is 1. The molecule has 1 N–H and O–H groups in total. The van der Waals surface area contributed by atoms with Crippen molar-refractivity contribution < 1.29 is 14.3 Å². The Balaban J connectivity index is 1.67. The second-order valence-corrected chi connectivity index (χ2v) is 7.80. The van der Waals surface area contributed by atoms with E-state index in [0.717, 1.165) is 31.5 Å². The summed E-state index contributed by atoms with van der Waals surface area (Å²) < 4.78 is 5.23. The summed E-state index contributed by atoms with van der Waals surface area (Å²) in [6.07, 6.45) is 1.97. The second kappa shape index (κ2) is 7.81. The molecule has 1 aromatic rings. The van der Waals surface area contributed by atoms with E-state index in [-0.39, 0.29) is 12.0 Å². The van der Waals surface area contributed by atoms with Gasteiger partial charge in [0.15, 0.2) is 0 Å². The van der Waals surface area contributed by atoms with Gasteiger partial charge in [0, 0.05) is 19.6 Å². The third-order valence-corrected chi connectivity index (χ3v) is 4.57. The molecule has 0 spiro atoms. The van der Waals surface area contributed by atoms with Crippen molar-refractivity contribution in [3.63, 3.8) is 0 Å². The first-order valence-electron chi connectivity index (χ1n) is 8.09. The molecule has 1 aliphatic rings. The van der Waals surface area contributed by atoms with E-state index in [1.54, 1.807) is 11.3 Å². The fourth-order valence-electron chi connectivity index (χ4n) is 2.61. The molecule has 0 aromatic carbocycles. The summed E-state index contributed by atoms with van der Waals surface area (Å²) in [7, 11) is 0. The van der Waals surface area contributed by atoms with Gasteiger partial charge < -0.3 is 15.0 Å². The highest BCUT2D eigenvalue weighted by molar-refractivity contribution is 7.07. The lowest BCUT2D eigenvalue weighted by Gasteiger charge is -2.32. The van der Waals surface area contributed by atoms with E-state index in [1.165, 1.54) is 0 Å². The molecule has 2 amide bonds. The number of carbonyl (C=O) groups excluding carboxylic acids is 2. The van der Waals surface area contributed by atoms with E-state index in [2.05, 4.69) is 5.32 Å². The van der Waals surface area contributed by atoms with Crippen molar-refractivity contribution >= 4 is 23.3 Å². The van der Waals surface area contributed by atoms with Gasteiger partial charge in [-0.2, -0.15) is 11.3 Å². The van der Waals surface area contributed by atoms with Gasteiger partial charge >= 0.3 is 6.09 Å². The average Bonchev–Trinajstić information content (AvgIpc) is 2.97. The zero-order chi connectivity index (χ0) is 16.9. The number of thiophene rings is 1. The first-order valence-corrected chi connectivity index (χ1v) is 9.03. The topological polar surface area (TPSA) is 58.6 Å². The molecule has 23 heavy (non-hydrogen) atoms. The highest BCUT2D eigenvalue weighted by Gasteiger charge is 2.24. The maximum Gasteiger partial charge on any atom is 0.407 e. The molecule has 2 heterocycles. The summed E-state index contributed by atoms with van der Waals surface area (Å²) in [6, 6.07) is 2.00. The molecule has 5 nitrogen and oxygen atoms in total. The molecule has 1 aliphatic heterocycles. The normalized spacial score (nSPS) is 16.2. The van der Waals surface area contributed by atoms with Crippen molar-refractivity contribution in [2.75, 3.05) is 19.6 Å². The maximum atomic E-state index is 12.2. The molecular weight excluding hydrogens is 312 g/mol. The first-order chi connectivity index (χ1) is 10.8. The van der Waals surface area contributed by atoms with Crippen LogP contribution in [0.15, 0.2) is 16.8 Å². The molecule has 0 aliphatic carbocycles. The third kappa shape index (κ3) is 6.22. The lowest BCUT2D eigenvalue weighted by atomic mass is 9.96. The van der Waals surface area contributed by atoms with E-state index in [1.807, 2.05) is 42.5 Å². The third-order valence-electron chi connectivity index (χ3n) is 3.84. The fraction of sp³-hybridized carbons (Fsp3) is 0.647. The van der Waals surface area contributed by atoms with Crippen LogP contribution >= 0.6 is 11.3 Å². The first kappa shape index (κ1) is 17.8. The van der Waals surface area contributed by atoms with Gasteiger partial charge in [0.2, 0.25) is 5.91 Å². The van der Waals surface area contributed by atoms with Gasteiger partial charge in [-0.15, -0.1) is 0 Å². The van der Waals surface area contributed by atoms with Crippen LogP contribution in [0.4, 0.5) is 4.79 Å². The van der Waals surface area contributed by atoms with Gasteiger partial charge in [0.05, 0.1) is 6.42 Å². The van der Waals surface area contributed by atoms with Gasteiger partial charge in [-0.1, -0.05) is 0 Å². The summed E-state index contributed by atoms with van der Waals surface area (Å²) in [6.45, 7) is 7.70. The summed E-state index contributed by atoms with van der Waals surface area (Å²) in [5, 5.41) is 6.85. The molecule has 2 rings (SSSR count). The van der Waals surface area contributed by atoms with Crippen molar-refractivity contribution in [3.8, 4) is 0 Å². The Hall–Kier alpha value is -1.56. The molecule has 1 saturated heterocycles. The van der Waals surface area contributed by atoms with E-state index in [0.29, 0.717) is 18.9 Å². The molecule has 0 radical (unpaired) electrons. The minimum Gasteiger partial charge on any atom is -0.444 e. The number of hydrogen-bond donors (Lipinski definition) is 1. The summed E-state index contributed by atoms with van der Waals surface area (Å²) in [5.41, 5.74) is 0.621. The van der Waals surface area contributed by atoms with Gasteiger partial charge in [0.25, 0.3) is 0 Å². The Morgan fingerprint density at radius 1 is 1.35 bits per heavy atom. The van der Waals surface area contributed by atoms with Crippen LogP contribution in [0.25, 0.3) is 0 Å². The van der Waals surface area contributed by atoms with Crippen LogP contribution in [0, 0.1) is 5.92 Å². The van der Waals surface area contributed by atoms with Crippen molar-refractivity contribution in [2.24, 2.45) is 5.92 Å². The standard InChI is InChI=1S/C17H26N2O3S/c1-17(2,3)22-16(21)18-11-13-4-7-19(8-5-13)15(20)10-14-6-9-23-12-14/h6,9,12-13H,4-5,7-8,10-11H2,1-3H3,(H,18,21). The van der Waals surface area contributed by atoms with Crippen LogP contribution in [-0.2, 0) is 16.0 Å². The quantitative estimate of drug-likeness (QED) is 0.918. The largest absolute Gasteiger partial charge is 0.444 e. The molecular formula is C17H26N2O3S. The molecule has 0 bridgehead atoms. The fourth-order valence-corrected chi connectivity index (χ4v) is 3.28. The lowest BCUT2D eigenvalue weighted by Crippen LogP contribution is -2.42. The van der Waals surface area contributed by atoms with Gasteiger partial charge in [0.1, 0.15) is 5.60 Å². The van der Waals surface area contributed by atoms with Gasteiger partial charge in [-0.05, 0) is 61.9 Å². The number of alkyl carbamates (subject to hydrolysis) is 1. The number of ether oxygens (including phenoxy) is 1. The van der Waals surface area contributed by atoms with Crippen molar-refractivity contribution in [2.45, 2.75) is 45.6 Å². The minimum atomic E-state index is -0.471. The van der Waals surface area contributed by atoms with Crippen molar-refractivity contribution in [1.82, 2.24) is 10.2 Å². The SMILES string of the molecule is CC(C)(C)OC(=O)NCC1CCN(C(=O)Cc2ccsc2)CC1. The molecule has 1 aromatic heterocycles. The maximum absolute atomic E-state index is 12.2. The van der Waals surface area contributed by atoms with Gasteiger partial charge in [-0.3, -0.25) is 4.79 Å². The van der Waals surface area contributed by atoms with Crippen LogP contribution in [0.5, 0.6) is 0 Å². The van der Waals surface area contributed by atoms with E-state index in [4.69, 9.17) is 4.74 Å². The smallest absolute Gasteiger partial charge is 0.407 e. The average molecular weight is 338 g/mol. The Morgan fingerprint density at radius 2 is 2.04 bits per heavy atom. The zero-order valence-corrected chi connectivity index (χ0v) is 14.9. The number of nitrogens with zero attached hydrogens (tertiary/aromatic N) is 1. The number of likely N-dealkylation sites (tertiary alicyclic amines) is 1. The summed E-state index contributed by atoms with van der Waals surface area (Å²) in [5.74, 6) is 0.606. The molecule has 0 unspecified atom stereocenters. The number of amides is 2. The van der Waals surface area contributed by atoms with E-state index in [9.17, 15) is 9.59 Å². The van der Waals surface area contributed by atoms with E-state index >= 15 is 0 Å². The Morgan fingerprint density at radius 3 is 2.61 bits per heavy atom.